The molecule has 8 heteroatoms. The normalized spacial score (nSPS) is 11.2. The van der Waals surface area contributed by atoms with Gasteiger partial charge in [-0.15, -0.1) is 5.10 Å². The van der Waals surface area contributed by atoms with Crippen molar-refractivity contribution in [2.75, 3.05) is 11.9 Å². The first-order chi connectivity index (χ1) is 17.2. The Balaban J connectivity index is 1.82. The number of carbonyl (C=O) groups excluding carboxylic acids is 3. The Hall–Kier alpha value is -4.46. The van der Waals surface area contributed by atoms with E-state index in [4.69, 9.17) is 9.47 Å². The van der Waals surface area contributed by atoms with Crippen LogP contribution in [0.25, 0.3) is 10.9 Å². The Bertz CT molecular complexity index is 1420. The van der Waals surface area contributed by atoms with Gasteiger partial charge in [0.1, 0.15) is 18.0 Å². The van der Waals surface area contributed by atoms with E-state index in [9.17, 15) is 14.4 Å². The van der Waals surface area contributed by atoms with Crippen molar-refractivity contribution in [2.24, 2.45) is 0 Å². The third-order valence-electron chi connectivity index (χ3n) is 5.39. The minimum atomic E-state index is -0.748. The molecule has 0 atom stereocenters. The van der Waals surface area contributed by atoms with Gasteiger partial charge in [-0.05, 0) is 44.5 Å². The summed E-state index contributed by atoms with van der Waals surface area (Å²) < 4.78 is 12.8. The van der Waals surface area contributed by atoms with Crippen molar-refractivity contribution in [1.82, 2.24) is 9.78 Å². The molecule has 1 amide bonds. The van der Waals surface area contributed by atoms with Crippen LogP contribution in [0.3, 0.4) is 0 Å². The minimum Gasteiger partial charge on any atom is -0.488 e. The van der Waals surface area contributed by atoms with Gasteiger partial charge in [0.05, 0.1) is 16.5 Å². The first kappa shape index (κ1) is 24.7. The first-order valence-electron chi connectivity index (χ1n) is 11.4. The van der Waals surface area contributed by atoms with Gasteiger partial charge < -0.3 is 9.47 Å². The number of hydrogen-bond acceptors (Lipinski definition) is 6. The van der Waals surface area contributed by atoms with Crippen LogP contribution in [0, 0.1) is 0 Å². The summed E-state index contributed by atoms with van der Waals surface area (Å²) in [5, 5.41) is 4.94. The number of rotatable bonds is 6. The second kappa shape index (κ2) is 10.0. The van der Waals surface area contributed by atoms with Gasteiger partial charge in [-0.3, -0.25) is 14.5 Å². The van der Waals surface area contributed by atoms with Crippen molar-refractivity contribution < 1.29 is 23.9 Å². The summed E-state index contributed by atoms with van der Waals surface area (Å²) in [4.78, 5) is 39.3. The fourth-order valence-electron chi connectivity index (χ4n) is 3.73. The summed E-state index contributed by atoms with van der Waals surface area (Å²) in [5.41, 5.74) is 1.11. The summed E-state index contributed by atoms with van der Waals surface area (Å²) in [6.07, 6.45) is -0.0551. The van der Waals surface area contributed by atoms with Crippen LogP contribution >= 0.6 is 0 Å². The first-order valence-corrected chi connectivity index (χ1v) is 11.4. The van der Waals surface area contributed by atoms with Gasteiger partial charge in [0.15, 0.2) is 12.1 Å². The largest absolute Gasteiger partial charge is 0.488 e. The summed E-state index contributed by atoms with van der Waals surface area (Å²) in [6, 6.07) is 21.4. The van der Waals surface area contributed by atoms with Crippen LogP contribution in [-0.2, 0) is 11.3 Å². The number of ether oxygens (including phenoxy) is 2. The molecule has 0 radical (unpaired) electrons. The number of aromatic nitrogens is 2. The second-order valence-electron chi connectivity index (χ2n) is 9.21. The molecule has 3 aromatic carbocycles. The van der Waals surface area contributed by atoms with Gasteiger partial charge in [0, 0.05) is 12.6 Å². The third kappa shape index (κ3) is 5.12. The molecular weight excluding hydrogens is 458 g/mol. The van der Waals surface area contributed by atoms with Crippen LogP contribution in [0.5, 0.6) is 5.75 Å². The highest BCUT2D eigenvalue weighted by Gasteiger charge is 2.28. The molecule has 0 saturated carbocycles. The summed E-state index contributed by atoms with van der Waals surface area (Å²) in [7, 11) is 1.54. The average molecular weight is 486 g/mol. The molecular formula is C28H27N3O5. The van der Waals surface area contributed by atoms with E-state index in [1.165, 1.54) is 4.90 Å². The van der Waals surface area contributed by atoms with E-state index in [2.05, 4.69) is 5.10 Å². The molecule has 36 heavy (non-hydrogen) atoms. The Morgan fingerprint density at radius 1 is 0.972 bits per heavy atom. The monoisotopic (exact) mass is 485 g/mol. The lowest BCUT2D eigenvalue weighted by atomic mass is 10.1. The molecule has 4 rings (SSSR count). The van der Waals surface area contributed by atoms with Crippen LogP contribution in [0.2, 0.25) is 0 Å². The van der Waals surface area contributed by atoms with Gasteiger partial charge in [-0.25, -0.2) is 4.79 Å². The molecule has 0 spiro atoms. The number of carbonyl (C=O) groups is 3. The van der Waals surface area contributed by atoms with Crippen molar-refractivity contribution in [3.63, 3.8) is 0 Å². The maximum atomic E-state index is 13.4. The zero-order valence-corrected chi connectivity index (χ0v) is 20.6. The van der Waals surface area contributed by atoms with Crippen LogP contribution in [0.4, 0.5) is 10.6 Å². The standard InChI is InChI=1S/C28H27N3O5/c1-28(2,3)36-27(34)31-22-15-10-16-23(35-18-19-11-6-5-7-12-19)24(22)25(29-31)30(4)26(33)21-14-9-8-13-20(21)17-32/h5-17H,18H2,1-4H3. The van der Waals surface area contributed by atoms with Crippen molar-refractivity contribution in [1.29, 1.82) is 0 Å². The highest BCUT2D eigenvalue weighted by Crippen LogP contribution is 2.35. The highest BCUT2D eigenvalue weighted by atomic mass is 16.6. The smallest absolute Gasteiger partial charge is 0.435 e. The van der Waals surface area contributed by atoms with Crippen molar-refractivity contribution in [2.45, 2.75) is 33.0 Å². The number of amides is 1. The molecule has 0 aliphatic heterocycles. The molecule has 4 aromatic rings. The number of fused-ring (bicyclic) bond motifs is 1. The molecule has 8 nitrogen and oxygen atoms in total. The SMILES string of the molecule is CN(C(=O)c1ccccc1C=O)c1nn(C(=O)OC(C)(C)C)c2cccc(OCc3ccccc3)c12. The molecule has 0 aliphatic rings. The van der Waals surface area contributed by atoms with Crippen LogP contribution in [-0.4, -0.2) is 40.7 Å². The minimum absolute atomic E-state index is 0.199. The van der Waals surface area contributed by atoms with E-state index in [1.54, 1.807) is 70.3 Å². The fourth-order valence-corrected chi connectivity index (χ4v) is 3.73. The lowest BCUT2D eigenvalue weighted by Gasteiger charge is -2.19. The maximum absolute atomic E-state index is 13.4. The van der Waals surface area contributed by atoms with Gasteiger partial charge in [0.2, 0.25) is 0 Å². The van der Waals surface area contributed by atoms with E-state index >= 15 is 0 Å². The lowest BCUT2D eigenvalue weighted by molar-refractivity contribution is 0.0522. The van der Waals surface area contributed by atoms with Crippen LogP contribution in [0.15, 0.2) is 72.8 Å². The molecule has 0 saturated heterocycles. The molecule has 184 valence electrons. The third-order valence-corrected chi connectivity index (χ3v) is 5.39. The van der Waals surface area contributed by atoms with Gasteiger partial charge >= 0.3 is 6.09 Å². The Morgan fingerprint density at radius 3 is 2.36 bits per heavy atom. The Kier molecular flexibility index (Phi) is 6.87. The number of nitrogens with zero attached hydrogens (tertiary/aromatic N) is 3. The van der Waals surface area contributed by atoms with E-state index < -0.39 is 17.6 Å². The highest BCUT2D eigenvalue weighted by molar-refractivity contribution is 6.13. The Morgan fingerprint density at radius 2 is 1.67 bits per heavy atom. The van der Waals surface area contributed by atoms with E-state index in [0.717, 1.165) is 10.2 Å². The number of hydrogen-bond donors (Lipinski definition) is 0. The summed E-state index contributed by atoms with van der Waals surface area (Å²) >= 11 is 0. The topological polar surface area (TPSA) is 90.7 Å². The fraction of sp³-hybridized carbons (Fsp3) is 0.214. The molecule has 0 aliphatic carbocycles. The van der Waals surface area contributed by atoms with Gasteiger partial charge in [-0.1, -0.05) is 54.6 Å². The van der Waals surface area contributed by atoms with Crippen LogP contribution in [0.1, 0.15) is 47.1 Å². The van der Waals surface area contributed by atoms with Crippen molar-refractivity contribution in [3.8, 4) is 5.75 Å². The molecule has 0 bridgehead atoms. The quantitative estimate of drug-likeness (QED) is 0.336. The van der Waals surface area contributed by atoms with E-state index in [0.29, 0.717) is 22.9 Å². The summed E-state index contributed by atoms with van der Waals surface area (Å²) in [5.74, 6) is 0.195. The zero-order valence-electron chi connectivity index (χ0n) is 20.6. The predicted octanol–water partition coefficient (Wildman–Crippen LogP) is 5.49. The molecule has 1 aromatic heterocycles. The van der Waals surface area contributed by atoms with Crippen molar-refractivity contribution in [3.05, 3.63) is 89.5 Å². The zero-order chi connectivity index (χ0) is 25.9. The van der Waals surface area contributed by atoms with Crippen LogP contribution < -0.4 is 9.64 Å². The summed E-state index contributed by atoms with van der Waals surface area (Å²) in [6.45, 7) is 5.57. The number of benzene rings is 3. The average Bonchev–Trinajstić information content (AvgIpc) is 3.27. The lowest BCUT2D eigenvalue weighted by Crippen LogP contribution is -2.29. The van der Waals surface area contributed by atoms with Gasteiger partial charge in [-0.2, -0.15) is 4.68 Å². The number of anilines is 1. The predicted molar refractivity (Wildman–Crippen MR) is 137 cm³/mol. The maximum Gasteiger partial charge on any atom is 0.435 e. The molecule has 1 heterocycles. The molecule has 0 N–H and O–H groups in total. The van der Waals surface area contributed by atoms with E-state index in [1.807, 2.05) is 30.3 Å². The van der Waals surface area contributed by atoms with Gasteiger partial charge in [0.25, 0.3) is 5.91 Å². The van der Waals surface area contributed by atoms with E-state index in [-0.39, 0.29) is 23.6 Å². The second-order valence-corrected chi connectivity index (χ2v) is 9.21. The molecule has 0 unspecified atom stereocenters. The molecule has 0 fully saturated rings. The Labute approximate surface area is 209 Å². The number of aldehydes is 1. The van der Waals surface area contributed by atoms with Crippen molar-refractivity contribution >= 4 is 35.0 Å².